The lowest BCUT2D eigenvalue weighted by Crippen LogP contribution is -2.49. The number of hydrogen-bond acceptors (Lipinski definition) is 4. The molecule has 0 spiro atoms. The highest BCUT2D eigenvalue weighted by Crippen LogP contribution is 2.40. The molecule has 0 saturated carbocycles. The predicted molar refractivity (Wildman–Crippen MR) is 101 cm³/mol. The monoisotopic (exact) mass is 360 g/mol. The highest BCUT2D eigenvalue weighted by molar-refractivity contribution is 8.01. The van der Waals surface area contributed by atoms with E-state index in [9.17, 15) is 4.79 Å². The molecule has 0 heterocycles. The van der Waals surface area contributed by atoms with Gasteiger partial charge in [0.25, 0.3) is 0 Å². The fourth-order valence-electron chi connectivity index (χ4n) is 1.90. The molecule has 0 aliphatic carbocycles. The zero-order chi connectivity index (χ0) is 18.6. The van der Waals surface area contributed by atoms with E-state index in [0.717, 1.165) is 0 Å². The minimum absolute atomic E-state index is 0.0224. The Balaban J connectivity index is 5.52. The summed E-state index contributed by atoms with van der Waals surface area (Å²) in [5.74, 6) is -1.16. The minimum atomic E-state index is -2.06. The Bertz CT molecular complexity index is 465. The number of thioether (sulfide) groups is 1. The number of nitrogens with two attached hydrogens (primary N) is 1. The van der Waals surface area contributed by atoms with Crippen LogP contribution in [0.1, 0.15) is 48.5 Å². The number of primary amides is 1. The maximum atomic E-state index is 12.0. The Hall–Kier alpha value is -0.693. The molecule has 0 aliphatic heterocycles. The van der Waals surface area contributed by atoms with Gasteiger partial charge in [0.2, 0.25) is 5.91 Å². The van der Waals surface area contributed by atoms with E-state index in [4.69, 9.17) is 15.7 Å². The molecule has 1 amide bonds. The molecule has 0 fully saturated rings. The van der Waals surface area contributed by atoms with Gasteiger partial charge in [0, 0.05) is 9.66 Å². The van der Waals surface area contributed by atoms with Gasteiger partial charge < -0.3 is 10.2 Å². The fourth-order valence-corrected chi connectivity index (χ4v) is 4.65. The fraction of sp³-hybridized carbons (Fsp3) is 0.933. The summed E-state index contributed by atoms with van der Waals surface area (Å²) in [6, 6.07) is 0. The summed E-state index contributed by atoms with van der Waals surface area (Å²) in [6.07, 6.45) is -0.404. The van der Waals surface area contributed by atoms with E-state index < -0.39 is 31.6 Å². The van der Waals surface area contributed by atoms with E-state index in [2.05, 4.69) is 43.9 Å². The lowest BCUT2D eigenvalue weighted by Gasteiger charge is -2.41. The van der Waals surface area contributed by atoms with Crippen molar-refractivity contribution in [2.24, 2.45) is 16.8 Å². The van der Waals surface area contributed by atoms with Crippen LogP contribution in [-0.2, 0) is 9.22 Å². The third-order valence-corrected chi connectivity index (χ3v) is 9.98. The molecular formula is C15H32N4O2SSi. The van der Waals surface area contributed by atoms with Crippen LogP contribution < -0.4 is 5.73 Å². The molecule has 1 unspecified atom stereocenters. The smallest absolute Gasteiger partial charge is 0.224 e. The average Bonchev–Trinajstić information content (AvgIpc) is 2.23. The van der Waals surface area contributed by atoms with Crippen LogP contribution in [0.25, 0.3) is 10.4 Å². The number of rotatable bonds is 7. The lowest BCUT2D eigenvalue weighted by atomic mass is 10.0. The van der Waals surface area contributed by atoms with Crippen molar-refractivity contribution in [3.8, 4) is 0 Å². The van der Waals surface area contributed by atoms with E-state index in [1.54, 1.807) is 0 Å². The van der Waals surface area contributed by atoms with Crippen LogP contribution >= 0.6 is 11.8 Å². The Morgan fingerprint density at radius 1 is 1.26 bits per heavy atom. The Kier molecular flexibility index (Phi) is 7.68. The number of hydrogen-bond donors (Lipinski definition) is 1. The molecule has 0 rings (SSSR count). The normalized spacial score (nSPS) is 17.1. The van der Waals surface area contributed by atoms with Gasteiger partial charge in [-0.2, -0.15) is 0 Å². The van der Waals surface area contributed by atoms with Crippen molar-refractivity contribution in [3.05, 3.63) is 10.4 Å². The number of azide groups is 1. The van der Waals surface area contributed by atoms with Gasteiger partial charge in [-0.1, -0.05) is 46.7 Å². The average molecular weight is 361 g/mol. The lowest BCUT2D eigenvalue weighted by molar-refractivity contribution is -0.124. The van der Waals surface area contributed by atoms with Crippen LogP contribution in [0.3, 0.4) is 0 Å². The van der Waals surface area contributed by atoms with E-state index in [1.807, 2.05) is 27.7 Å². The van der Waals surface area contributed by atoms with Crippen molar-refractivity contribution in [2.45, 2.75) is 82.8 Å². The van der Waals surface area contributed by atoms with Gasteiger partial charge in [-0.25, -0.2) is 0 Å². The van der Waals surface area contributed by atoms with Crippen LogP contribution in [0, 0.1) is 5.92 Å². The van der Waals surface area contributed by atoms with Gasteiger partial charge in [-0.05, 0) is 30.6 Å². The number of amides is 1. The van der Waals surface area contributed by atoms with Crippen molar-refractivity contribution < 1.29 is 9.22 Å². The Labute approximate surface area is 145 Å². The van der Waals surface area contributed by atoms with E-state index >= 15 is 0 Å². The number of nitrogens with zero attached hydrogens (tertiary/aromatic N) is 3. The van der Waals surface area contributed by atoms with Crippen LogP contribution in [0.2, 0.25) is 18.1 Å². The first-order valence-electron chi connectivity index (χ1n) is 7.81. The molecule has 0 aliphatic rings. The molecule has 0 aromatic rings. The largest absolute Gasteiger partial charge is 0.413 e. The molecule has 134 valence electrons. The van der Waals surface area contributed by atoms with Gasteiger partial charge in [0.05, 0.1) is 17.4 Å². The van der Waals surface area contributed by atoms with Crippen molar-refractivity contribution in [1.29, 1.82) is 0 Å². The topological polar surface area (TPSA) is 101 Å². The number of carbonyl (C=O) groups is 1. The number of carbonyl (C=O) groups excluding carboxylic acids is 1. The molecular weight excluding hydrogens is 328 g/mol. The SMILES string of the molecule is C[C@@H](O[Si](C)(C)C(C)(C)C)[C@@H](C(N)=O)C(N=[N+]=[N-])SC(C)(C)C. The summed E-state index contributed by atoms with van der Waals surface area (Å²) in [7, 11) is -2.06. The first-order chi connectivity index (χ1) is 10.1. The highest BCUT2D eigenvalue weighted by Gasteiger charge is 2.42. The summed E-state index contributed by atoms with van der Waals surface area (Å²) in [5, 5.41) is 3.26. The molecule has 8 heteroatoms. The van der Waals surface area contributed by atoms with Gasteiger partial charge >= 0.3 is 0 Å². The van der Waals surface area contributed by atoms with Crippen LogP contribution in [0.15, 0.2) is 5.11 Å². The van der Waals surface area contributed by atoms with E-state index in [1.165, 1.54) is 11.8 Å². The summed E-state index contributed by atoms with van der Waals surface area (Å²) < 4.78 is 6.15. The maximum absolute atomic E-state index is 12.0. The molecule has 0 bridgehead atoms. The second-order valence-corrected chi connectivity index (χ2v) is 15.0. The van der Waals surface area contributed by atoms with Crippen LogP contribution in [0.4, 0.5) is 0 Å². The quantitative estimate of drug-likeness (QED) is 0.309. The zero-order valence-corrected chi connectivity index (χ0v) is 17.7. The molecule has 0 aromatic carbocycles. The molecule has 23 heavy (non-hydrogen) atoms. The second kappa shape index (κ2) is 7.92. The Morgan fingerprint density at radius 3 is 2.04 bits per heavy atom. The molecule has 0 radical (unpaired) electrons. The first-order valence-corrected chi connectivity index (χ1v) is 11.6. The van der Waals surface area contributed by atoms with Gasteiger partial charge in [0.15, 0.2) is 8.32 Å². The maximum Gasteiger partial charge on any atom is 0.224 e. The standard InChI is InChI=1S/C15H32N4O2SSi/c1-10(21-23(8,9)15(5,6)7)11(12(16)20)13(18-19-17)22-14(2,3)4/h10-11,13H,1-9H3,(H2,16,20)/t10-,11+,13?/m1/s1. The van der Waals surface area contributed by atoms with Crippen LogP contribution in [-0.4, -0.2) is 30.4 Å². The van der Waals surface area contributed by atoms with Gasteiger partial charge in [-0.15, -0.1) is 11.8 Å². The highest BCUT2D eigenvalue weighted by atomic mass is 32.2. The summed E-state index contributed by atoms with van der Waals surface area (Å²) in [6.45, 7) is 18.5. The third-order valence-electron chi connectivity index (χ3n) is 4.07. The minimum Gasteiger partial charge on any atom is -0.413 e. The zero-order valence-electron chi connectivity index (χ0n) is 15.9. The molecule has 6 nitrogen and oxygen atoms in total. The summed E-state index contributed by atoms with van der Waals surface area (Å²) in [4.78, 5) is 14.9. The molecule has 3 atom stereocenters. The van der Waals surface area contributed by atoms with Crippen molar-refractivity contribution >= 4 is 26.0 Å². The van der Waals surface area contributed by atoms with E-state index in [0.29, 0.717) is 0 Å². The van der Waals surface area contributed by atoms with E-state index in [-0.39, 0.29) is 9.79 Å². The summed E-state index contributed by atoms with van der Waals surface area (Å²) >= 11 is 1.44. The van der Waals surface area contributed by atoms with Crippen LogP contribution in [0.5, 0.6) is 0 Å². The second-order valence-electron chi connectivity index (χ2n) is 8.34. The van der Waals surface area contributed by atoms with Gasteiger partial charge in [0.1, 0.15) is 0 Å². The van der Waals surface area contributed by atoms with Crippen molar-refractivity contribution in [3.63, 3.8) is 0 Å². The molecule has 0 aromatic heterocycles. The predicted octanol–water partition coefficient (Wildman–Crippen LogP) is 4.67. The molecule has 2 N–H and O–H groups in total. The third kappa shape index (κ3) is 7.16. The van der Waals surface area contributed by atoms with Crippen molar-refractivity contribution in [1.82, 2.24) is 0 Å². The Morgan fingerprint density at radius 2 is 1.74 bits per heavy atom. The van der Waals surface area contributed by atoms with Crippen molar-refractivity contribution in [2.75, 3.05) is 0 Å². The molecule has 0 saturated heterocycles. The van der Waals surface area contributed by atoms with Gasteiger partial charge in [-0.3, -0.25) is 4.79 Å². The first kappa shape index (κ1) is 22.3. The summed E-state index contributed by atoms with van der Waals surface area (Å²) in [5.41, 5.74) is 14.5.